The third-order valence-electron chi connectivity index (χ3n) is 2.52. The number of hydrogen-bond donors (Lipinski definition) is 2. The Labute approximate surface area is 136 Å². The summed E-state index contributed by atoms with van der Waals surface area (Å²) in [6, 6.07) is 5.39. The number of halogens is 2. The van der Waals surface area contributed by atoms with Crippen LogP contribution in [0.25, 0.3) is 0 Å². The molecule has 0 saturated heterocycles. The van der Waals surface area contributed by atoms with Crippen LogP contribution in [0.3, 0.4) is 0 Å². The van der Waals surface area contributed by atoms with Gasteiger partial charge in [0.15, 0.2) is 0 Å². The normalized spacial score (nSPS) is 11.3. The molecular weight excluding hydrogens is 311 g/mol. The summed E-state index contributed by atoms with van der Waals surface area (Å²) >= 11 is 12.0. The molecule has 0 saturated carbocycles. The monoisotopic (exact) mass is 332 g/mol. The molecule has 0 fully saturated rings. The molecule has 6 heteroatoms. The van der Waals surface area contributed by atoms with E-state index in [-0.39, 0.29) is 6.09 Å². The minimum atomic E-state index is -0.467. The van der Waals surface area contributed by atoms with Gasteiger partial charge in [-0.05, 0) is 57.5 Å². The average molecular weight is 333 g/mol. The van der Waals surface area contributed by atoms with E-state index in [1.807, 2.05) is 26.8 Å². The van der Waals surface area contributed by atoms with E-state index in [1.165, 1.54) is 0 Å². The maximum Gasteiger partial charge on any atom is 0.407 e. The average Bonchev–Trinajstić information content (AvgIpc) is 2.35. The van der Waals surface area contributed by atoms with Gasteiger partial charge >= 0.3 is 6.09 Å². The van der Waals surface area contributed by atoms with Crippen molar-refractivity contribution in [2.75, 3.05) is 13.1 Å². The lowest BCUT2D eigenvalue weighted by Crippen LogP contribution is -2.33. The summed E-state index contributed by atoms with van der Waals surface area (Å²) in [7, 11) is 0. The van der Waals surface area contributed by atoms with E-state index >= 15 is 0 Å². The lowest BCUT2D eigenvalue weighted by atomic mass is 10.2. The van der Waals surface area contributed by atoms with E-state index < -0.39 is 5.60 Å². The summed E-state index contributed by atoms with van der Waals surface area (Å²) in [6.45, 7) is 7.48. The maximum atomic E-state index is 11.4. The molecule has 0 radical (unpaired) electrons. The van der Waals surface area contributed by atoms with Gasteiger partial charge in [-0.2, -0.15) is 0 Å². The van der Waals surface area contributed by atoms with Crippen LogP contribution in [0.5, 0.6) is 0 Å². The first-order chi connectivity index (χ1) is 9.78. The molecule has 0 spiro atoms. The molecule has 21 heavy (non-hydrogen) atoms. The van der Waals surface area contributed by atoms with Crippen LogP contribution in [-0.2, 0) is 11.3 Å². The summed E-state index contributed by atoms with van der Waals surface area (Å²) in [6.07, 6.45) is 0.414. The van der Waals surface area contributed by atoms with E-state index in [9.17, 15) is 4.79 Å². The molecule has 0 aliphatic rings. The highest BCUT2D eigenvalue weighted by molar-refractivity contribution is 6.33. The van der Waals surface area contributed by atoms with Gasteiger partial charge in [0.2, 0.25) is 0 Å². The summed E-state index contributed by atoms with van der Waals surface area (Å²) in [5.74, 6) is 0. The summed E-state index contributed by atoms with van der Waals surface area (Å²) in [4.78, 5) is 11.4. The van der Waals surface area contributed by atoms with Crippen molar-refractivity contribution in [1.29, 1.82) is 0 Å². The van der Waals surface area contributed by atoms with E-state index in [0.29, 0.717) is 23.1 Å². The molecule has 1 rings (SSSR count). The number of carbonyl (C=O) groups is 1. The highest BCUT2D eigenvalue weighted by Gasteiger charge is 2.15. The van der Waals surface area contributed by atoms with E-state index in [4.69, 9.17) is 27.9 Å². The van der Waals surface area contributed by atoms with Gasteiger partial charge in [0.05, 0.1) is 0 Å². The Kier molecular flexibility index (Phi) is 7.29. The number of alkyl carbamates (subject to hydrolysis) is 1. The van der Waals surface area contributed by atoms with Crippen molar-refractivity contribution in [3.05, 3.63) is 33.8 Å². The zero-order valence-electron chi connectivity index (χ0n) is 12.6. The molecule has 0 heterocycles. The molecule has 1 amide bonds. The van der Waals surface area contributed by atoms with Crippen molar-refractivity contribution in [3.8, 4) is 0 Å². The number of carbonyl (C=O) groups excluding carboxylic acids is 1. The number of benzene rings is 1. The number of rotatable bonds is 6. The Bertz CT molecular complexity index is 473. The molecule has 4 nitrogen and oxygen atoms in total. The van der Waals surface area contributed by atoms with E-state index in [0.717, 1.165) is 18.5 Å². The lowest BCUT2D eigenvalue weighted by Gasteiger charge is -2.19. The van der Waals surface area contributed by atoms with Crippen LogP contribution in [0.4, 0.5) is 4.79 Å². The minimum Gasteiger partial charge on any atom is -0.444 e. The highest BCUT2D eigenvalue weighted by Crippen LogP contribution is 2.20. The van der Waals surface area contributed by atoms with Crippen molar-refractivity contribution < 1.29 is 9.53 Å². The second-order valence-electron chi connectivity index (χ2n) is 5.69. The fourth-order valence-corrected chi connectivity index (χ4v) is 2.00. The van der Waals surface area contributed by atoms with Crippen molar-refractivity contribution in [3.63, 3.8) is 0 Å². The predicted octanol–water partition coefficient (Wildman–Crippen LogP) is 4.00. The van der Waals surface area contributed by atoms with E-state index in [1.54, 1.807) is 12.1 Å². The van der Waals surface area contributed by atoms with Gasteiger partial charge in [-0.25, -0.2) is 4.79 Å². The standard InChI is InChI=1S/C15H22Cl2N2O2/c1-15(2,3)21-14(20)19-8-4-7-18-10-11-9-12(16)5-6-13(11)17/h5-6,9,18H,4,7-8,10H2,1-3H3,(H,19,20). The first-order valence-corrected chi connectivity index (χ1v) is 7.65. The molecule has 1 aromatic rings. The molecule has 0 aromatic heterocycles. The van der Waals surface area contributed by atoms with Crippen molar-refractivity contribution in [1.82, 2.24) is 10.6 Å². The van der Waals surface area contributed by atoms with Crippen LogP contribution in [0.2, 0.25) is 10.0 Å². The van der Waals surface area contributed by atoms with Crippen LogP contribution >= 0.6 is 23.2 Å². The molecular formula is C15H22Cl2N2O2. The van der Waals surface area contributed by atoms with Crippen LogP contribution in [0.1, 0.15) is 32.8 Å². The molecule has 0 aliphatic carbocycles. The topological polar surface area (TPSA) is 50.4 Å². The van der Waals surface area contributed by atoms with Crippen molar-refractivity contribution in [2.24, 2.45) is 0 Å². The van der Waals surface area contributed by atoms with Crippen LogP contribution in [-0.4, -0.2) is 24.8 Å². The lowest BCUT2D eigenvalue weighted by molar-refractivity contribution is 0.0527. The molecule has 0 bridgehead atoms. The SMILES string of the molecule is CC(C)(C)OC(=O)NCCCNCc1cc(Cl)ccc1Cl. The number of nitrogens with one attached hydrogen (secondary N) is 2. The Balaban J connectivity index is 2.15. The van der Waals surface area contributed by atoms with Crippen LogP contribution in [0.15, 0.2) is 18.2 Å². The highest BCUT2D eigenvalue weighted by atomic mass is 35.5. The van der Waals surface area contributed by atoms with Gasteiger partial charge in [-0.3, -0.25) is 0 Å². The molecule has 118 valence electrons. The predicted molar refractivity (Wildman–Crippen MR) is 87.0 cm³/mol. The fourth-order valence-electron chi connectivity index (χ4n) is 1.62. The minimum absolute atomic E-state index is 0.389. The van der Waals surface area contributed by atoms with Gasteiger partial charge in [0, 0.05) is 23.1 Å². The van der Waals surface area contributed by atoms with Gasteiger partial charge in [-0.15, -0.1) is 0 Å². The van der Waals surface area contributed by atoms with E-state index in [2.05, 4.69) is 10.6 Å². The number of ether oxygens (including phenoxy) is 1. The van der Waals surface area contributed by atoms with Gasteiger partial charge < -0.3 is 15.4 Å². The Morgan fingerprint density at radius 2 is 1.95 bits per heavy atom. The zero-order valence-corrected chi connectivity index (χ0v) is 14.1. The fraction of sp³-hybridized carbons (Fsp3) is 0.533. The Morgan fingerprint density at radius 3 is 2.62 bits per heavy atom. The first kappa shape index (κ1) is 18.1. The Morgan fingerprint density at radius 1 is 1.24 bits per heavy atom. The maximum absolute atomic E-state index is 11.4. The smallest absolute Gasteiger partial charge is 0.407 e. The number of amides is 1. The molecule has 2 N–H and O–H groups in total. The third-order valence-corrected chi connectivity index (χ3v) is 3.13. The van der Waals surface area contributed by atoms with Crippen molar-refractivity contribution >= 4 is 29.3 Å². The molecule has 1 aromatic carbocycles. The third kappa shape index (κ3) is 8.15. The quantitative estimate of drug-likeness (QED) is 0.774. The van der Waals surface area contributed by atoms with Gasteiger partial charge in [-0.1, -0.05) is 23.2 Å². The van der Waals surface area contributed by atoms with Crippen LogP contribution in [0, 0.1) is 0 Å². The van der Waals surface area contributed by atoms with Gasteiger partial charge in [0.25, 0.3) is 0 Å². The van der Waals surface area contributed by atoms with Crippen molar-refractivity contribution in [2.45, 2.75) is 39.3 Å². The molecule has 0 unspecified atom stereocenters. The second-order valence-corrected chi connectivity index (χ2v) is 6.54. The Hall–Kier alpha value is -0.970. The molecule has 0 aliphatic heterocycles. The zero-order chi connectivity index (χ0) is 15.9. The van der Waals surface area contributed by atoms with Crippen LogP contribution < -0.4 is 10.6 Å². The second kappa shape index (κ2) is 8.47. The number of hydrogen-bond acceptors (Lipinski definition) is 3. The summed E-state index contributed by atoms with van der Waals surface area (Å²) in [5, 5.41) is 7.33. The largest absolute Gasteiger partial charge is 0.444 e. The first-order valence-electron chi connectivity index (χ1n) is 6.89. The van der Waals surface area contributed by atoms with Gasteiger partial charge in [0.1, 0.15) is 5.60 Å². The molecule has 0 atom stereocenters. The summed E-state index contributed by atoms with van der Waals surface area (Å²) in [5.41, 5.74) is 0.496. The summed E-state index contributed by atoms with van der Waals surface area (Å²) < 4.78 is 5.14.